The third kappa shape index (κ3) is 3.91. The van der Waals surface area contributed by atoms with Crippen molar-refractivity contribution in [3.8, 4) is 5.75 Å². The molecule has 6 nitrogen and oxygen atoms in total. The summed E-state index contributed by atoms with van der Waals surface area (Å²) in [6, 6.07) is 10.4. The van der Waals surface area contributed by atoms with Crippen LogP contribution in [0.4, 0.5) is 0 Å². The fraction of sp³-hybridized carbons (Fsp3) is 0.458. The topological polar surface area (TPSA) is 60.2 Å². The zero-order valence-electron chi connectivity index (χ0n) is 18.3. The number of methoxy groups -OCH3 is 1. The number of piperidine rings is 1. The molecule has 0 spiro atoms. The molecule has 0 saturated carbocycles. The van der Waals surface area contributed by atoms with Crippen LogP contribution in [0.5, 0.6) is 5.75 Å². The van der Waals surface area contributed by atoms with E-state index in [0.717, 1.165) is 66.0 Å². The van der Waals surface area contributed by atoms with Crippen LogP contribution < -0.4 is 4.74 Å². The van der Waals surface area contributed by atoms with Gasteiger partial charge in [-0.15, -0.1) is 0 Å². The van der Waals surface area contributed by atoms with Crippen LogP contribution in [0, 0.1) is 13.8 Å². The number of hydrogen-bond donors (Lipinski definition) is 0. The van der Waals surface area contributed by atoms with Crippen molar-refractivity contribution < 1.29 is 9.53 Å². The Kier molecular flexibility index (Phi) is 5.75. The smallest absolute Gasteiger partial charge is 0.254 e. The van der Waals surface area contributed by atoms with E-state index >= 15 is 0 Å². The second-order valence-electron chi connectivity index (χ2n) is 8.26. The predicted molar refractivity (Wildman–Crippen MR) is 118 cm³/mol. The third-order valence-electron chi connectivity index (χ3n) is 6.12. The minimum Gasteiger partial charge on any atom is -0.497 e. The fourth-order valence-corrected chi connectivity index (χ4v) is 4.62. The molecule has 0 aliphatic carbocycles. The maximum Gasteiger partial charge on any atom is 0.254 e. The van der Waals surface area contributed by atoms with Gasteiger partial charge in [-0.25, -0.2) is 4.98 Å². The Bertz CT molecular complexity index is 1070. The van der Waals surface area contributed by atoms with Gasteiger partial charge in [0.25, 0.3) is 5.91 Å². The van der Waals surface area contributed by atoms with Crippen molar-refractivity contribution in [3.63, 3.8) is 0 Å². The number of pyridine rings is 1. The minimum absolute atomic E-state index is 0.108. The van der Waals surface area contributed by atoms with Crippen LogP contribution in [-0.2, 0) is 13.5 Å². The summed E-state index contributed by atoms with van der Waals surface area (Å²) in [6.45, 7) is 4.70. The van der Waals surface area contributed by atoms with Gasteiger partial charge in [0.15, 0.2) is 5.65 Å². The van der Waals surface area contributed by atoms with E-state index < -0.39 is 0 Å². The van der Waals surface area contributed by atoms with Crippen LogP contribution in [0.1, 0.15) is 53.0 Å². The maximum atomic E-state index is 13.7. The zero-order chi connectivity index (χ0) is 21.3. The largest absolute Gasteiger partial charge is 0.497 e. The summed E-state index contributed by atoms with van der Waals surface area (Å²) in [5, 5.41) is 5.38. The average molecular weight is 407 g/mol. The quantitative estimate of drug-likeness (QED) is 0.636. The summed E-state index contributed by atoms with van der Waals surface area (Å²) >= 11 is 0. The minimum atomic E-state index is 0.108. The van der Waals surface area contributed by atoms with Gasteiger partial charge in [-0.3, -0.25) is 9.48 Å². The van der Waals surface area contributed by atoms with Gasteiger partial charge in [-0.1, -0.05) is 12.1 Å². The van der Waals surface area contributed by atoms with Gasteiger partial charge in [0, 0.05) is 25.3 Å². The number of aromatic nitrogens is 3. The molecule has 3 aromatic rings. The van der Waals surface area contributed by atoms with E-state index in [2.05, 4.69) is 27.1 Å². The molecular weight excluding hydrogens is 376 g/mol. The number of aryl methyl sites for hydroxylation is 4. The Morgan fingerprint density at radius 3 is 2.87 bits per heavy atom. The lowest BCUT2D eigenvalue weighted by atomic mass is 9.94. The van der Waals surface area contributed by atoms with Crippen LogP contribution in [-0.4, -0.2) is 45.3 Å². The number of carbonyl (C=O) groups excluding carboxylic acids is 1. The second-order valence-corrected chi connectivity index (χ2v) is 8.26. The molecule has 0 radical (unpaired) electrons. The van der Waals surface area contributed by atoms with Gasteiger partial charge in [-0.05, 0) is 69.7 Å². The standard InChI is InChI=1S/C24H30N4O2/c1-16-14-21(22-17(2)26-27(3)23(22)25-16)24(29)28-13-6-5-9-19(28)12-11-18-8-7-10-20(15-18)30-4/h7-8,10,14-15,19H,5-6,9,11-13H2,1-4H3. The van der Waals surface area contributed by atoms with Gasteiger partial charge < -0.3 is 9.64 Å². The first-order chi connectivity index (χ1) is 14.5. The fourth-order valence-electron chi connectivity index (χ4n) is 4.62. The molecule has 1 aliphatic rings. The molecule has 1 amide bonds. The molecule has 2 aromatic heterocycles. The van der Waals surface area contributed by atoms with E-state index in [9.17, 15) is 4.79 Å². The Morgan fingerprint density at radius 2 is 2.07 bits per heavy atom. The summed E-state index contributed by atoms with van der Waals surface area (Å²) in [5.41, 5.74) is 4.46. The number of benzene rings is 1. The van der Waals surface area contributed by atoms with Crippen molar-refractivity contribution in [2.24, 2.45) is 7.05 Å². The first-order valence-corrected chi connectivity index (χ1v) is 10.7. The number of ether oxygens (including phenoxy) is 1. The molecule has 0 bridgehead atoms. The van der Waals surface area contributed by atoms with Gasteiger partial charge in [-0.2, -0.15) is 5.10 Å². The molecule has 1 atom stereocenters. The number of fused-ring (bicyclic) bond motifs is 1. The van der Waals surface area contributed by atoms with Crippen molar-refractivity contribution in [1.82, 2.24) is 19.7 Å². The predicted octanol–water partition coefficient (Wildman–Crippen LogP) is 4.22. The summed E-state index contributed by atoms with van der Waals surface area (Å²) in [4.78, 5) is 20.4. The molecule has 1 fully saturated rings. The Labute approximate surface area is 177 Å². The van der Waals surface area contributed by atoms with Crippen molar-refractivity contribution in [2.45, 2.75) is 52.0 Å². The Morgan fingerprint density at radius 1 is 1.23 bits per heavy atom. The van der Waals surface area contributed by atoms with Crippen molar-refractivity contribution >= 4 is 16.9 Å². The van der Waals surface area contributed by atoms with Crippen molar-refractivity contribution in [3.05, 3.63) is 52.8 Å². The summed E-state index contributed by atoms with van der Waals surface area (Å²) in [5.74, 6) is 0.989. The third-order valence-corrected chi connectivity index (χ3v) is 6.12. The monoisotopic (exact) mass is 406 g/mol. The molecule has 1 unspecified atom stereocenters. The number of amides is 1. The zero-order valence-corrected chi connectivity index (χ0v) is 18.3. The maximum absolute atomic E-state index is 13.7. The molecule has 4 rings (SSSR count). The molecular formula is C24H30N4O2. The van der Waals surface area contributed by atoms with Crippen LogP contribution in [0.2, 0.25) is 0 Å². The van der Waals surface area contributed by atoms with E-state index in [1.165, 1.54) is 12.0 Å². The normalized spacial score (nSPS) is 16.8. The first-order valence-electron chi connectivity index (χ1n) is 10.7. The molecule has 1 aromatic carbocycles. The molecule has 0 N–H and O–H groups in total. The molecule has 30 heavy (non-hydrogen) atoms. The summed E-state index contributed by atoms with van der Waals surface area (Å²) in [6.07, 6.45) is 5.17. The van der Waals surface area contributed by atoms with E-state index in [4.69, 9.17) is 4.74 Å². The average Bonchev–Trinajstić information content (AvgIpc) is 3.04. The number of hydrogen-bond acceptors (Lipinski definition) is 4. The van der Waals surface area contributed by atoms with E-state index in [0.29, 0.717) is 0 Å². The van der Waals surface area contributed by atoms with Gasteiger partial charge in [0.2, 0.25) is 0 Å². The first kappa shape index (κ1) is 20.4. The molecule has 1 aliphatic heterocycles. The highest BCUT2D eigenvalue weighted by Gasteiger charge is 2.29. The number of carbonyl (C=O) groups is 1. The van der Waals surface area contributed by atoms with Gasteiger partial charge >= 0.3 is 0 Å². The lowest BCUT2D eigenvalue weighted by Gasteiger charge is -2.36. The Balaban J connectivity index is 1.60. The van der Waals surface area contributed by atoms with Gasteiger partial charge in [0.05, 0.1) is 23.8 Å². The highest BCUT2D eigenvalue weighted by atomic mass is 16.5. The number of likely N-dealkylation sites (tertiary alicyclic amines) is 1. The highest BCUT2D eigenvalue weighted by molar-refractivity contribution is 6.06. The number of rotatable bonds is 5. The molecule has 158 valence electrons. The lowest BCUT2D eigenvalue weighted by molar-refractivity contribution is 0.0603. The van der Waals surface area contributed by atoms with Crippen LogP contribution >= 0.6 is 0 Å². The van der Waals surface area contributed by atoms with Crippen LogP contribution in [0.3, 0.4) is 0 Å². The molecule has 3 heterocycles. The Hall–Kier alpha value is -2.89. The van der Waals surface area contributed by atoms with Crippen LogP contribution in [0.25, 0.3) is 11.0 Å². The summed E-state index contributed by atoms with van der Waals surface area (Å²) < 4.78 is 7.12. The van der Waals surface area contributed by atoms with E-state index in [-0.39, 0.29) is 11.9 Å². The lowest BCUT2D eigenvalue weighted by Crippen LogP contribution is -2.44. The van der Waals surface area contributed by atoms with Gasteiger partial charge in [0.1, 0.15) is 5.75 Å². The molecule has 1 saturated heterocycles. The van der Waals surface area contributed by atoms with Crippen molar-refractivity contribution in [1.29, 1.82) is 0 Å². The van der Waals surface area contributed by atoms with E-state index in [1.807, 2.05) is 39.1 Å². The van der Waals surface area contributed by atoms with Crippen LogP contribution in [0.15, 0.2) is 30.3 Å². The SMILES string of the molecule is COc1cccc(CCC2CCCCN2C(=O)c2cc(C)nc3c2c(C)nn3C)c1. The molecule has 6 heteroatoms. The summed E-state index contributed by atoms with van der Waals surface area (Å²) in [7, 11) is 3.58. The van der Waals surface area contributed by atoms with Crippen molar-refractivity contribution in [2.75, 3.05) is 13.7 Å². The highest BCUT2D eigenvalue weighted by Crippen LogP contribution is 2.28. The van der Waals surface area contributed by atoms with E-state index in [1.54, 1.807) is 11.8 Å². The second kappa shape index (κ2) is 8.46. The number of nitrogens with zero attached hydrogens (tertiary/aromatic N) is 4.